The van der Waals surface area contributed by atoms with Gasteiger partial charge in [-0.1, -0.05) is 20.8 Å². The molecular formula is C13H27NS. The summed E-state index contributed by atoms with van der Waals surface area (Å²) in [7, 11) is 0. The standard InChI is InChI=1S/C13H27NS/c1-4-15-9-5-6-13(7-8-13)11-14-10-12(2)3/h12,14H,4-11H2,1-3H3. The molecule has 15 heavy (non-hydrogen) atoms. The molecule has 1 N–H and O–H groups in total. The lowest BCUT2D eigenvalue weighted by atomic mass is 10.0. The Labute approximate surface area is 99.8 Å². The molecule has 0 aromatic carbocycles. The molecule has 0 spiro atoms. The second-order valence-corrected chi connectivity index (χ2v) is 6.72. The molecule has 0 aliphatic heterocycles. The normalized spacial score (nSPS) is 18.4. The van der Waals surface area contributed by atoms with Gasteiger partial charge in [-0.15, -0.1) is 0 Å². The van der Waals surface area contributed by atoms with Gasteiger partial charge in [0.2, 0.25) is 0 Å². The largest absolute Gasteiger partial charge is 0.316 e. The van der Waals surface area contributed by atoms with Crippen molar-refractivity contribution in [2.45, 2.75) is 46.5 Å². The van der Waals surface area contributed by atoms with E-state index < -0.39 is 0 Å². The Balaban J connectivity index is 2.01. The van der Waals surface area contributed by atoms with Crippen LogP contribution in [0.5, 0.6) is 0 Å². The van der Waals surface area contributed by atoms with Crippen molar-refractivity contribution in [1.82, 2.24) is 5.32 Å². The van der Waals surface area contributed by atoms with Gasteiger partial charge in [0.15, 0.2) is 0 Å². The van der Waals surface area contributed by atoms with Crippen LogP contribution in [0.1, 0.15) is 46.5 Å². The zero-order valence-electron chi connectivity index (χ0n) is 10.6. The lowest BCUT2D eigenvalue weighted by Gasteiger charge is -2.16. The van der Waals surface area contributed by atoms with Gasteiger partial charge in [-0.25, -0.2) is 0 Å². The van der Waals surface area contributed by atoms with Crippen molar-refractivity contribution in [3.63, 3.8) is 0 Å². The van der Waals surface area contributed by atoms with Crippen LogP contribution in [-0.4, -0.2) is 24.6 Å². The summed E-state index contributed by atoms with van der Waals surface area (Å²) in [6.45, 7) is 9.27. The zero-order chi connectivity index (χ0) is 11.1. The molecule has 0 aromatic rings. The Morgan fingerprint density at radius 2 is 2.07 bits per heavy atom. The summed E-state index contributed by atoms with van der Waals surface area (Å²) in [6, 6.07) is 0. The highest BCUT2D eigenvalue weighted by atomic mass is 32.2. The van der Waals surface area contributed by atoms with Gasteiger partial charge in [0.05, 0.1) is 0 Å². The lowest BCUT2D eigenvalue weighted by molar-refractivity contribution is 0.406. The van der Waals surface area contributed by atoms with Crippen LogP contribution in [0.4, 0.5) is 0 Å². The minimum atomic E-state index is 0.711. The van der Waals surface area contributed by atoms with Crippen molar-refractivity contribution in [1.29, 1.82) is 0 Å². The fourth-order valence-corrected chi connectivity index (χ4v) is 2.65. The van der Waals surface area contributed by atoms with Gasteiger partial charge in [-0.2, -0.15) is 11.8 Å². The molecule has 0 aromatic heterocycles. The topological polar surface area (TPSA) is 12.0 Å². The molecule has 1 saturated carbocycles. The minimum Gasteiger partial charge on any atom is -0.316 e. The van der Waals surface area contributed by atoms with Crippen molar-refractivity contribution >= 4 is 11.8 Å². The van der Waals surface area contributed by atoms with Crippen LogP contribution in [0.15, 0.2) is 0 Å². The summed E-state index contributed by atoms with van der Waals surface area (Å²) in [5.74, 6) is 3.43. The first-order valence-electron chi connectivity index (χ1n) is 6.47. The predicted molar refractivity (Wildman–Crippen MR) is 71.6 cm³/mol. The van der Waals surface area contributed by atoms with E-state index in [4.69, 9.17) is 0 Å². The maximum Gasteiger partial charge on any atom is 0.000793 e. The zero-order valence-corrected chi connectivity index (χ0v) is 11.5. The van der Waals surface area contributed by atoms with Crippen molar-refractivity contribution in [3.8, 4) is 0 Å². The van der Waals surface area contributed by atoms with Crippen molar-refractivity contribution in [2.24, 2.45) is 11.3 Å². The molecule has 0 amide bonds. The molecular weight excluding hydrogens is 202 g/mol. The molecule has 1 nitrogen and oxygen atoms in total. The Bertz CT molecular complexity index is 164. The fraction of sp³-hybridized carbons (Fsp3) is 1.00. The molecule has 1 aliphatic rings. The third kappa shape index (κ3) is 5.82. The van der Waals surface area contributed by atoms with Crippen molar-refractivity contribution in [2.75, 3.05) is 24.6 Å². The lowest BCUT2D eigenvalue weighted by Crippen LogP contribution is -2.27. The SMILES string of the molecule is CCSCCCC1(CNCC(C)C)CC1. The summed E-state index contributed by atoms with van der Waals surface area (Å²) in [6.07, 6.45) is 5.80. The van der Waals surface area contributed by atoms with E-state index in [0.717, 1.165) is 5.92 Å². The van der Waals surface area contributed by atoms with Crippen LogP contribution in [0.3, 0.4) is 0 Å². The average molecular weight is 229 g/mol. The van der Waals surface area contributed by atoms with Crippen molar-refractivity contribution < 1.29 is 0 Å². The van der Waals surface area contributed by atoms with Crippen LogP contribution in [0, 0.1) is 11.3 Å². The smallest absolute Gasteiger partial charge is 0.000793 e. The highest BCUT2D eigenvalue weighted by Crippen LogP contribution is 2.49. The Morgan fingerprint density at radius 1 is 1.33 bits per heavy atom. The summed E-state index contributed by atoms with van der Waals surface area (Å²) < 4.78 is 0. The van der Waals surface area contributed by atoms with Crippen LogP contribution in [0.25, 0.3) is 0 Å². The van der Waals surface area contributed by atoms with E-state index >= 15 is 0 Å². The number of hydrogen-bond donors (Lipinski definition) is 1. The Kier molecular flexibility index (Phi) is 6.06. The highest BCUT2D eigenvalue weighted by Gasteiger charge is 2.40. The van der Waals surface area contributed by atoms with Gasteiger partial charge in [0.25, 0.3) is 0 Å². The maximum absolute atomic E-state index is 3.62. The predicted octanol–water partition coefficient (Wildman–Crippen LogP) is 3.55. The first kappa shape index (κ1) is 13.4. The van der Waals surface area contributed by atoms with Gasteiger partial charge in [-0.05, 0) is 55.1 Å². The number of thioether (sulfide) groups is 1. The van der Waals surface area contributed by atoms with Crippen LogP contribution in [-0.2, 0) is 0 Å². The summed E-state index contributed by atoms with van der Waals surface area (Å²) >= 11 is 2.08. The number of rotatable bonds is 9. The summed E-state index contributed by atoms with van der Waals surface area (Å²) in [5.41, 5.74) is 0.711. The quantitative estimate of drug-likeness (QED) is 0.607. The Morgan fingerprint density at radius 3 is 2.60 bits per heavy atom. The van der Waals surface area contributed by atoms with E-state index in [9.17, 15) is 0 Å². The molecule has 0 saturated heterocycles. The molecule has 0 heterocycles. The minimum absolute atomic E-state index is 0.711. The second-order valence-electron chi connectivity index (χ2n) is 5.33. The monoisotopic (exact) mass is 229 g/mol. The third-order valence-electron chi connectivity index (χ3n) is 3.21. The summed E-state index contributed by atoms with van der Waals surface area (Å²) in [5, 5.41) is 3.62. The van der Waals surface area contributed by atoms with E-state index in [1.54, 1.807) is 0 Å². The number of hydrogen-bond acceptors (Lipinski definition) is 2. The first-order chi connectivity index (χ1) is 7.18. The molecule has 90 valence electrons. The number of nitrogens with one attached hydrogen (secondary N) is 1. The second kappa shape index (κ2) is 6.80. The molecule has 0 unspecified atom stereocenters. The van der Waals surface area contributed by atoms with Gasteiger partial charge >= 0.3 is 0 Å². The molecule has 0 radical (unpaired) electrons. The molecule has 0 bridgehead atoms. The van der Waals surface area contributed by atoms with E-state index in [2.05, 4.69) is 37.8 Å². The Hall–Kier alpha value is 0.310. The molecule has 1 rings (SSSR count). The molecule has 1 aliphatic carbocycles. The third-order valence-corrected chi connectivity index (χ3v) is 4.20. The molecule has 1 fully saturated rings. The van der Waals surface area contributed by atoms with E-state index in [0.29, 0.717) is 5.41 Å². The molecule has 2 heteroatoms. The summed E-state index contributed by atoms with van der Waals surface area (Å²) in [4.78, 5) is 0. The van der Waals surface area contributed by atoms with Crippen LogP contribution < -0.4 is 5.32 Å². The molecule has 0 atom stereocenters. The van der Waals surface area contributed by atoms with Crippen molar-refractivity contribution in [3.05, 3.63) is 0 Å². The highest BCUT2D eigenvalue weighted by molar-refractivity contribution is 7.99. The van der Waals surface area contributed by atoms with E-state index in [-0.39, 0.29) is 0 Å². The van der Waals surface area contributed by atoms with Gasteiger partial charge < -0.3 is 5.32 Å². The van der Waals surface area contributed by atoms with E-state index in [1.807, 2.05) is 0 Å². The average Bonchev–Trinajstić information content (AvgIpc) is 2.93. The van der Waals surface area contributed by atoms with Crippen LogP contribution in [0.2, 0.25) is 0 Å². The van der Waals surface area contributed by atoms with Crippen LogP contribution >= 0.6 is 11.8 Å². The van der Waals surface area contributed by atoms with E-state index in [1.165, 1.54) is 50.3 Å². The maximum atomic E-state index is 3.62. The van der Waals surface area contributed by atoms with Gasteiger partial charge in [0, 0.05) is 6.54 Å². The van der Waals surface area contributed by atoms with Gasteiger partial charge in [0.1, 0.15) is 0 Å². The first-order valence-corrected chi connectivity index (χ1v) is 7.62. The van der Waals surface area contributed by atoms with Gasteiger partial charge in [-0.3, -0.25) is 0 Å². The fourth-order valence-electron chi connectivity index (χ4n) is 2.01.